The molecule has 1 aliphatic rings. The van der Waals surface area contributed by atoms with Gasteiger partial charge in [-0.25, -0.2) is 12.7 Å². The van der Waals surface area contributed by atoms with Crippen LogP contribution in [0.1, 0.15) is 22.3 Å². The summed E-state index contributed by atoms with van der Waals surface area (Å²) in [5, 5.41) is 3.20. The smallest absolute Gasteiger partial charge is 0.269 e. The molecule has 0 radical (unpaired) electrons. The zero-order valence-electron chi connectivity index (χ0n) is 13.3. The normalized spacial score (nSPS) is 15.1. The van der Waals surface area contributed by atoms with Crippen molar-refractivity contribution in [2.24, 2.45) is 0 Å². The Balaban J connectivity index is 1.71. The quantitative estimate of drug-likeness (QED) is 0.886. The molecule has 0 aliphatic carbocycles. The van der Waals surface area contributed by atoms with Crippen LogP contribution in [-0.2, 0) is 14.8 Å². The second kappa shape index (κ2) is 6.50. The first-order chi connectivity index (χ1) is 11.8. The number of amides is 2. The summed E-state index contributed by atoms with van der Waals surface area (Å²) in [7, 11) is -3.90. The maximum atomic E-state index is 12.4. The Morgan fingerprint density at radius 1 is 1.16 bits per heavy atom. The van der Waals surface area contributed by atoms with E-state index in [0.29, 0.717) is 10.7 Å². The largest absolute Gasteiger partial charge is 0.326 e. The number of rotatable bonds is 4. The maximum absolute atomic E-state index is 12.4. The molecule has 0 atom stereocenters. The molecule has 6 nitrogen and oxygen atoms in total. The van der Waals surface area contributed by atoms with Gasteiger partial charge in [0.15, 0.2) is 0 Å². The van der Waals surface area contributed by atoms with Crippen molar-refractivity contribution < 1.29 is 18.0 Å². The van der Waals surface area contributed by atoms with Gasteiger partial charge in [0.1, 0.15) is 4.90 Å². The van der Waals surface area contributed by atoms with E-state index in [0.717, 1.165) is 9.87 Å². The number of nitrogens with one attached hydrogen (secondary N) is 1. The van der Waals surface area contributed by atoms with Crippen LogP contribution in [0.2, 0.25) is 5.02 Å². The summed E-state index contributed by atoms with van der Waals surface area (Å²) < 4.78 is 25.6. The Labute approximate surface area is 150 Å². The van der Waals surface area contributed by atoms with Crippen LogP contribution in [0.4, 0.5) is 5.69 Å². The molecule has 1 N–H and O–H groups in total. The number of anilines is 1. The number of benzene rings is 2. The lowest BCUT2D eigenvalue weighted by Gasteiger charge is -2.15. The molecule has 0 unspecified atom stereocenters. The van der Waals surface area contributed by atoms with Crippen LogP contribution in [0.25, 0.3) is 0 Å². The van der Waals surface area contributed by atoms with Gasteiger partial charge in [0.2, 0.25) is 5.91 Å². The number of carbonyl (C=O) groups excluding carboxylic acids is 2. The molecule has 2 aromatic carbocycles. The van der Waals surface area contributed by atoms with Crippen molar-refractivity contribution in [3.05, 3.63) is 58.6 Å². The number of carbonyl (C=O) groups is 2. The van der Waals surface area contributed by atoms with Gasteiger partial charge >= 0.3 is 0 Å². The average molecular weight is 379 g/mol. The molecule has 0 saturated heterocycles. The molecule has 0 fully saturated rings. The number of hydrogen-bond acceptors (Lipinski definition) is 4. The summed E-state index contributed by atoms with van der Waals surface area (Å²) >= 11 is 6.00. The van der Waals surface area contributed by atoms with Gasteiger partial charge in [-0.3, -0.25) is 9.59 Å². The molecule has 3 rings (SSSR count). The molecule has 130 valence electrons. The molecule has 2 amide bonds. The first kappa shape index (κ1) is 17.4. The summed E-state index contributed by atoms with van der Waals surface area (Å²) in [6, 6.07) is 11.1. The molecular formula is C17H15ClN2O4S. The fraction of sp³-hybridized carbons (Fsp3) is 0.176. The van der Waals surface area contributed by atoms with Crippen LogP contribution in [0, 0.1) is 6.92 Å². The lowest BCUT2D eigenvalue weighted by atomic mass is 10.2. The number of hydrogen-bond donors (Lipinski definition) is 1. The molecule has 0 aromatic heterocycles. The highest BCUT2D eigenvalue weighted by molar-refractivity contribution is 7.90. The van der Waals surface area contributed by atoms with Gasteiger partial charge in [-0.05, 0) is 36.8 Å². The standard InChI is InChI=1S/C17H15ClN2O4S/c1-11-13(18)6-4-7-14(11)19-16(21)9-10-20-17(22)12-5-2-3-8-15(12)25(20,23)24/h2-8H,9-10H2,1H3,(H,19,21). The van der Waals surface area contributed by atoms with Crippen LogP contribution in [0.3, 0.4) is 0 Å². The number of halogens is 1. The van der Waals surface area contributed by atoms with Gasteiger partial charge in [0.25, 0.3) is 15.9 Å². The van der Waals surface area contributed by atoms with E-state index in [1.807, 2.05) is 0 Å². The molecule has 1 heterocycles. The van der Waals surface area contributed by atoms with Crippen LogP contribution in [0.15, 0.2) is 47.4 Å². The number of nitrogens with zero attached hydrogens (tertiary/aromatic N) is 1. The van der Waals surface area contributed by atoms with E-state index in [1.165, 1.54) is 12.1 Å². The molecular weight excluding hydrogens is 364 g/mol. The highest BCUT2D eigenvalue weighted by Crippen LogP contribution is 2.30. The Bertz CT molecular complexity index is 972. The van der Waals surface area contributed by atoms with Crippen molar-refractivity contribution in [3.63, 3.8) is 0 Å². The minimum absolute atomic E-state index is 0.0221. The van der Waals surface area contributed by atoms with Gasteiger partial charge in [-0.1, -0.05) is 29.8 Å². The minimum Gasteiger partial charge on any atom is -0.326 e. The van der Waals surface area contributed by atoms with Gasteiger partial charge in [-0.2, -0.15) is 0 Å². The van der Waals surface area contributed by atoms with E-state index < -0.39 is 21.8 Å². The molecule has 1 aliphatic heterocycles. The monoisotopic (exact) mass is 378 g/mol. The second-order valence-electron chi connectivity index (χ2n) is 5.59. The Morgan fingerprint density at radius 3 is 2.60 bits per heavy atom. The zero-order chi connectivity index (χ0) is 18.2. The fourth-order valence-electron chi connectivity index (χ4n) is 2.61. The lowest BCUT2D eigenvalue weighted by molar-refractivity contribution is -0.116. The average Bonchev–Trinajstić information content (AvgIpc) is 2.77. The summed E-state index contributed by atoms with van der Waals surface area (Å²) in [4.78, 5) is 24.4. The predicted molar refractivity (Wildman–Crippen MR) is 94.1 cm³/mol. The summed E-state index contributed by atoms with van der Waals surface area (Å²) in [5.41, 5.74) is 1.40. The minimum atomic E-state index is -3.90. The van der Waals surface area contributed by atoms with E-state index in [1.54, 1.807) is 37.3 Å². The zero-order valence-corrected chi connectivity index (χ0v) is 14.9. The molecule has 25 heavy (non-hydrogen) atoms. The summed E-state index contributed by atoms with van der Waals surface area (Å²) in [6.07, 6.45) is -0.148. The Kier molecular flexibility index (Phi) is 4.53. The number of sulfonamides is 1. The predicted octanol–water partition coefficient (Wildman–Crippen LogP) is 2.82. The van der Waals surface area contributed by atoms with Crippen LogP contribution in [0.5, 0.6) is 0 Å². The first-order valence-electron chi connectivity index (χ1n) is 7.53. The van der Waals surface area contributed by atoms with Gasteiger partial charge in [-0.15, -0.1) is 0 Å². The summed E-state index contributed by atoms with van der Waals surface area (Å²) in [6.45, 7) is 1.55. The van der Waals surface area contributed by atoms with Gasteiger partial charge in [0, 0.05) is 23.7 Å². The molecule has 2 aromatic rings. The van der Waals surface area contributed by atoms with Crippen molar-refractivity contribution >= 4 is 39.1 Å². The topological polar surface area (TPSA) is 83.6 Å². The molecule has 8 heteroatoms. The van der Waals surface area contributed by atoms with Gasteiger partial charge < -0.3 is 5.32 Å². The van der Waals surface area contributed by atoms with E-state index in [4.69, 9.17) is 11.6 Å². The highest BCUT2D eigenvalue weighted by Gasteiger charge is 2.40. The third-order valence-corrected chi connectivity index (χ3v) is 6.25. The van der Waals surface area contributed by atoms with E-state index in [2.05, 4.69) is 5.32 Å². The van der Waals surface area contributed by atoms with Crippen LogP contribution < -0.4 is 5.32 Å². The third kappa shape index (κ3) is 3.12. The highest BCUT2D eigenvalue weighted by atomic mass is 35.5. The van der Waals surface area contributed by atoms with E-state index >= 15 is 0 Å². The van der Waals surface area contributed by atoms with Crippen molar-refractivity contribution in [2.75, 3.05) is 11.9 Å². The van der Waals surface area contributed by atoms with E-state index in [-0.39, 0.29) is 23.4 Å². The maximum Gasteiger partial charge on any atom is 0.269 e. The summed E-state index contributed by atoms with van der Waals surface area (Å²) in [5.74, 6) is -1.01. The fourth-order valence-corrected chi connectivity index (χ4v) is 4.35. The van der Waals surface area contributed by atoms with Crippen LogP contribution in [-0.4, -0.2) is 31.1 Å². The number of fused-ring (bicyclic) bond motifs is 1. The Hall–Kier alpha value is -2.38. The molecule has 0 bridgehead atoms. The first-order valence-corrected chi connectivity index (χ1v) is 9.35. The van der Waals surface area contributed by atoms with Crippen LogP contribution >= 0.6 is 11.6 Å². The van der Waals surface area contributed by atoms with Crippen molar-refractivity contribution in [1.29, 1.82) is 0 Å². The Morgan fingerprint density at radius 2 is 1.88 bits per heavy atom. The molecule has 0 saturated carbocycles. The third-order valence-electron chi connectivity index (χ3n) is 4.00. The van der Waals surface area contributed by atoms with E-state index in [9.17, 15) is 18.0 Å². The van der Waals surface area contributed by atoms with Crippen molar-refractivity contribution in [1.82, 2.24) is 4.31 Å². The van der Waals surface area contributed by atoms with Crippen molar-refractivity contribution in [3.8, 4) is 0 Å². The van der Waals surface area contributed by atoms with Crippen molar-refractivity contribution in [2.45, 2.75) is 18.2 Å². The van der Waals surface area contributed by atoms with Gasteiger partial charge in [0.05, 0.1) is 5.56 Å². The lowest BCUT2D eigenvalue weighted by Crippen LogP contribution is -2.33. The molecule has 0 spiro atoms. The SMILES string of the molecule is Cc1c(Cl)cccc1NC(=O)CCN1C(=O)c2ccccc2S1(=O)=O. The second-order valence-corrected chi connectivity index (χ2v) is 7.83.